The standard InChI is InChI=1S/C15H23FN2O4S/c1-5-22-9-13(10(2)3)18-15(19)17-12-8-6-7-11(16)14(12)23(4,20)21/h6-8,10,13H,5,9H2,1-4H3,(H2,17,18,19)/t13-/m1/s1. The first-order chi connectivity index (χ1) is 10.7. The molecule has 1 atom stereocenters. The zero-order chi connectivity index (χ0) is 17.6. The average molecular weight is 346 g/mol. The lowest BCUT2D eigenvalue weighted by molar-refractivity contribution is 0.111. The smallest absolute Gasteiger partial charge is 0.319 e. The quantitative estimate of drug-likeness (QED) is 0.794. The van der Waals surface area contributed by atoms with Crippen LogP contribution in [0.1, 0.15) is 20.8 Å². The summed E-state index contributed by atoms with van der Waals surface area (Å²) in [6.45, 7) is 6.56. The molecule has 0 aliphatic carbocycles. The van der Waals surface area contributed by atoms with E-state index in [0.29, 0.717) is 13.2 Å². The van der Waals surface area contributed by atoms with Crippen LogP contribution in [0.15, 0.2) is 23.1 Å². The number of carbonyl (C=O) groups is 1. The molecule has 8 heteroatoms. The minimum absolute atomic E-state index is 0.0936. The van der Waals surface area contributed by atoms with E-state index < -0.39 is 26.6 Å². The lowest BCUT2D eigenvalue weighted by Crippen LogP contribution is -2.44. The lowest BCUT2D eigenvalue weighted by atomic mass is 10.1. The molecule has 6 nitrogen and oxygen atoms in total. The van der Waals surface area contributed by atoms with E-state index in [9.17, 15) is 17.6 Å². The van der Waals surface area contributed by atoms with Gasteiger partial charge in [0, 0.05) is 12.9 Å². The van der Waals surface area contributed by atoms with Gasteiger partial charge in [0.1, 0.15) is 10.7 Å². The predicted octanol–water partition coefficient (Wildman–Crippen LogP) is 2.41. The Balaban J connectivity index is 2.92. The highest BCUT2D eigenvalue weighted by Gasteiger charge is 2.21. The van der Waals surface area contributed by atoms with Crippen molar-refractivity contribution in [2.75, 3.05) is 24.8 Å². The molecular weight excluding hydrogens is 323 g/mol. The number of carbonyl (C=O) groups excluding carboxylic acids is 1. The molecule has 1 rings (SSSR count). The normalized spacial score (nSPS) is 13.0. The van der Waals surface area contributed by atoms with Crippen LogP contribution in [0.25, 0.3) is 0 Å². The van der Waals surface area contributed by atoms with Crippen molar-refractivity contribution < 1.29 is 22.3 Å². The fraction of sp³-hybridized carbons (Fsp3) is 0.533. The van der Waals surface area contributed by atoms with Gasteiger partial charge in [0.25, 0.3) is 0 Å². The molecule has 0 aliphatic heterocycles. The van der Waals surface area contributed by atoms with Crippen molar-refractivity contribution in [3.05, 3.63) is 24.0 Å². The van der Waals surface area contributed by atoms with Crippen molar-refractivity contribution in [2.45, 2.75) is 31.7 Å². The maximum Gasteiger partial charge on any atom is 0.319 e. The number of nitrogens with one attached hydrogen (secondary N) is 2. The van der Waals surface area contributed by atoms with Gasteiger partial charge in [0.15, 0.2) is 9.84 Å². The molecule has 23 heavy (non-hydrogen) atoms. The number of rotatable bonds is 7. The minimum Gasteiger partial charge on any atom is -0.380 e. The van der Waals surface area contributed by atoms with E-state index in [2.05, 4.69) is 10.6 Å². The summed E-state index contributed by atoms with van der Waals surface area (Å²) >= 11 is 0. The zero-order valence-corrected chi connectivity index (χ0v) is 14.5. The Morgan fingerprint density at radius 1 is 1.35 bits per heavy atom. The third-order valence-electron chi connectivity index (χ3n) is 3.21. The van der Waals surface area contributed by atoms with Gasteiger partial charge >= 0.3 is 6.03 Å². The number of halogens is 1. The van der Waals surface area contributed by atoms with Gasteiger partial charge in [-0.3, -0.25) is 0 Å². The Labute approximate surface area is 136 Å². The molecule has 0 unspecified atom stereocenters. The largest absolute Gasteiger partial charge is 0.380 e. The Kier molecular flexibility index (Phi) is 6.96. The minimum atomic E-state index is -3.81. The number of anilines is 1. The summed E-state index contributed by atoms with van der Waals surface area (Å²) in [6, 6.07) is 2.85. The highest BCUT2D eigenvalue weighted by atomic mass is 32.2. The van der Waals surface area contributed by atoms with Gasteiger partial charge < -0.3 is 15.4 Å². The summed E-state index contributed by atoms with van der Waals surface area (Å²) in [4.78, 5) is 11.6. The van der Waals surface area contributed by atoms with Crippen LogP contribution in [-0.2, 0) is 14.6 Å². The van der Waals surface area contributed by atoms with Crippen LogP contribution < -0.4 is 10.6 Å². The van der Waals surface area contributed by atoms with Crippen molar-refractivity contribution in [1.82, 2.24) is 5.32 Å². The van der Waals surface area contributed by atoms with E-state index in [1.165, 1.54) is 12.1 Å². The van der Waals surface area contributed by atoms with Crippen molar-refractivity contribution in [3.63, 3.8) is 0 Å². The van der Waals surface area contributed by atoms with Crippen LogP contribution in [-0.4, -0.2) is 40.0 Å². The summed E-state index contributed by atoms with van der Waals surface area (Å²) in [5.41, 5.74) is -0.0936. The number of urea groups is 1. The Morgan fingerprint density at radius 3 is 2.52 bits per heavy atom. The highest BCUT2D eigenvalue weighted by molar-refractivity contribution is 7.90. The Bertz CT molecular complexity index is 647. The average Bonchev–Trinajstić information content (AvgIpc) is 2.41. The van der Waals surface area contributed by atoms with Crippen molar-refractivity contribution in [1.29, 1.82) is 0 Å². The van der Waals surface area contributed by atoms with Gasteiger partial charge in [-0.05, 0) is 25.0 Å². The van der Waals surface area contributed by atoms with Gasteiger partial charge in [0.2, 0.25) is 0 Å². The second-order valence-electron chi connectivity index (χ2n) is 5.50. The van der Waals surface area contributed by atoms with E-state index in [-0.39, 0.29) is 17.6 Å². The van der Waals surface area contributed by atoms with Gasteiger partial charge in [-0.1, -0.05) is 19.9 Å². The van der Waals surface area contributed by atoms with Crippen molar-refractivity contribution in [2.24, 2.45) is 5.92 Å². The number of hydrogen-bond acceptors (Lipinski definition) is 4. The Hall–Kier alpha value is -1.67. The van der Waals surface area contributed by atoms with Crippen LogP contribution >= 0.6 is 0 Å². The maximum absolute atomic E-state index is 13.8. The highest BCUT2D eigenvalue weighted by Crippen LogP contribution is 2.24. The number of hydrogen-bond donors (Lipinski definition) is 2. The molecule has 0 bridgehead atoms. The molecule has 2 N–H and O–H groups in total. The van der Waals surface area contributed by atoms with Crippen LogP contribution in [0.5, 0.6) is 0 Å². The van der Waals surface area contributed by atoms with Crippen LogP contribution in [0, 0.1) is 11.7 Å². The van der Waals surface area contributed by atoms with E-state index >= 15 is 0 Å². The van der Waals surface area contributed by atoms with Gasteiger partial charge in [-0.15, -0.1) is 0 Å². The van der Waals surface area contributed by atoms with Crippen molar-refractivity contribution in [3.8, 4) is 0 Å². The third-order valence-corrected chi connectivity index (χ3v) is 4.37. The second kappa shape index (κ2) is 8.26. The zero-order valence-electron chi connectivity index (χ0n) is 13.7. The molecule has 0 heterocycles. The van der Waals surface area contributed by atoms with Gasteiger partial charge in [-0.25, -0.2) is 17.6 Å². The lowest BCUT2D eigenvalue weighted by Gasteiger charge is -2.22. The number of sulfone groups is 1. The molecule has 130 valence electrons. The van der Waals surface area contributed by atoms with Gasteiger partial charge in [0.05, 0.1) is 18.3 Å². The van der Waals surface area contributed by atoms with Crippen LogP contribution in [0.2, 0.25) is 0 Å². The van der Waals surface area contributed by atoms with E-state index in [4.69, 9.17) is 4.74 Å². The molecule has 0 radical (unpaired) electrons. The number of benzene rings is 1. The number of amides is 2. The summed E-state index contributed by atoms with van der Waals surface area (Å²) in [5.74, 6) is -0.783. The molecule has 0 aliphatic rings. The topological polar surface area (TPSA) is 84.5 Å². The first-order valence-corrected chi connectivity index (χ1v) is 9.19. The fourth-order valence-electron chi connectivity index (χ4n) is 1.96. The van der Waals surface area contributed by atoms with Crippen LogP contribution in [0.3, 0.4) is 0 Å². The first kappa shape index (κ1) is 19.4. The van der Waals surface area contributed by atoms with Crippen molar-refractivity contribution >= 4 is 21.6 Å². The summed E-state index contributed by atoms with van der Waals surface area (Å²) < 4.78 is 42.5. The predicted molar refractivity (Wildman–Crippen MR) is 86.8 cm³/mol. The SMILES string of the molecule is CCOC[C@@H](NC(=O)Nc1cccc(F)c1S(C)(=O)=O)C(C)C. The summed E-state index contributed by atoms with van der Waals surface area (Å²) in [6.07, 6.45) is 0.889. The summed E-state index contributed by atoms with van der Waals surface area (Å²) in [7, 11) is -3.81. The summed E-state index contributed by atoms with van der Waals surface area (Å²) in [5, 5.41) is 5.10. The van der Waals surface area contributed by atoms with E-state index in [0.717, 1.165) is 12.3 Å². The molecule has 0 fully saturated rings. The fourth-order valence-corrected chi connectivity index (χ4v) is 2.90. The van der Waals surface area contributed by atoms with E-state index in [1.807, 2.05) is 20.8 Å². The first-order valence-electron chi connectivity index (χ1n) is 7.30. The molecule has 0 aromatic heterocycles. The molecule has 0 saturated heterocycles. The molecular formula is C15H23FN2O4S. The monoisotopic (exact) mass is 346 g/mol. The van der Waals surface area contributed by atoms with Crippen LogP contribution in [0.4, 0.5) is 14.9 Å². The molecule has 1 aromatic carbocycles. The Morgan fingerprint density at radius 2 is 2.00 bits per heavy atom. The second-order valence-corrected chi connectivity index (χ2v) is 7.45. The maximum atomic E-state index is 13.8. The molecule has 0 saturated carbocycles. The van der Waals surface area contributed by atoms with Gasteiger partial charge in [-0.2, -0.15) is 0 Å². The van der Waals surface area contributed by atoms with E-state index in [1.54, 1.807) is 0 Å². The molecule has 1 aromatic rings. The number of ether oxygens (including phenoxy) is 1. The third kappa shape index (κ3) is 5.80. The molecule has 2 amide bonds. The molecule has 0 spiro atoms.